The molecule has 3 aromatic heterocycles. The molecule has 0 N–H and O–H groups in total. The average molecular weight is 872 g/mol. The third-order valence-corrected chi connectivity index (χ3v) is 10.2. The van der Waals surface area contributed by atoms with Gasteiger partial charge < -0.3 is 19.3 Å². The van der Waals surface area contributed by atoms with Gasteiger partial charge in [0.1, 0.15) is 21.8 Å². The van der Waals surface area contributed by atoms with Crippen LogP contribution in [0.25, 0.3) is 32.4 Å². The van der Waals surface area contributed by atoms with Crippen LogP contribution in [0.4, 0.5) is 21.2 Å². The van der Waals surface area contributed by atoms with Crippen LogP contribution in [0.3, 0.4) is 0 Å². The van der Waals surface area contributed by atoms with E-state index in [1.165, 1.54) is 25.2 Å². The van der Waals surface area contributed by atoms with Crippen LogP contribution in [0.1, 0.15) is 77.7 Å². The Bertz CT molecular complexity index is 2090. The second kappa shape index (κ2) is 16.3. The van der Waals surface area contributed by atoms with Gasteiger partial charge in [0.15, 0.2) is 0 Å². The minimum absolute atomic E-state index is 0.00987. The Morgan fingerprint density at radius 1 is 0.925 bits per heavy atom. The van der Waals surface area contributed by atoms with Crippen LogP contribution in [0.15, 0.2) is 30.3 Å². The van der Waals surface area contributed by atoms with Gasteiger partial charge in [-0.1, -0.05) is 13.8 Å². The summed E-state index contributed by atoms with van der Waals surface area (Å²) in [5.74, 6) is 3.20. The van der Waals surface area contributed by atoms with Gasteiger partial charge in [0.05, 0.1) is 35.2 Å². The van der Waals surface area contributed by atoms with E-state index in [0.717, 1.165) is 41.2 Å². The lowest BCUT2D eigenvalue weighted by Crippen LogP contribution is -2.49. The van der Waals surface area contributed by atoms with Crippen LogP contribution >= 0.6 is 41.5 Å². The summed E-state index contributed by atoms with van der Waals surface area (Å²) in [5, 5.41) is 4.45. The first-order valence-electron chi connectivity index (χ1n) is 17.6. The third-order valence-electron chi connectivity index (χ3n) is 8.25. The fraction of sp³-hybridized carbons (Fsp3) is 0.474. The van der Waals surface area contributed by atoms with E-state index in [9.17, 15) is 14.4 Å². The number of carbonyl (C=O) groups is 3. The first kappa shape index (κ1) is 40.5. The zero-order valence-corrected chi connectivity index (χ0v) is 35.7. The van der Waals surface area contributed by atoms with Gasteiger partial charge in [-0.05, 0) is 99.9 Å². The molecule has 15 heteroatoms. The predicted octanol–water partition coefficient (Wildman–Crippen LogP) is 8.60. The van der Waals surface area contributed by atoms with Crippen LogP contribution in [0, 0.1) is 11.2 Å². The number of ether oxygens (including phenoxy) is 2. The number of imide groups is 1. The molecule has 282 valence electrons. The van der Waals surface area contributed by atoms with E-state index in [4.69, 9.17) is 24.4 Å². The number of pyridine rings is 1. The van der Waals surface area contributed by atoms with E-state index in [-0.39, 0.29) is 11.4 Å². The van der Waals surface area contributed by atoms with E-state index < -0.39 is 35.3 Å². The molecule has 0 bridgehead atoms. The number of thiophene rings is 1. The molecule has 4 aromatic rings. The molecule has 3 amide bonds. The fourth-order valence-corrected chi connectivity index (χ4v) is 7.62. The van der Waals surface area contributed by atoms with Crippen molar-refractivity contribution in [2.75, 3.05) is 49.6 Å². The van der Waals surface area contributed by atoms with Crippen molar-refractivity contribution in [2.24, 2.45) is 0 Å². The molecule has 2 aliphatic rings. The highest BCUT2D eigenvalue weighted by Crippen LogP contribution is 2.45. The van der Waals surface area contributed by atoms with E-state index in [1.807, 2.05) is 44.2 Å². The molecule has 1 saturated heterocycles. The molecule has 2 aliphatic heterocycles. The Hall–Kier alpha value is -3.72. The lowest BCUT2D eigenvalue weighted by molar-refractivity contribution is 0.0182. The van der Waals surface area contributed by atoms with Crippen molar-refractivity contribution in [2.45, 2.75) is 79.6 Å². The summed E-state index contributed by atoms with van der Waals surface area (Å²) >= 11 is 3.36. The van der Waals surface area contributed by atoms with Crippen molar-refractivity contribution < 1.29 is 23.9 Å². The average Bonchev–Trinajstić information content (AvgIpc) is 3.44. The van der Waals surface area contributed by atoms with Gasteiger partial charge in [-0.15, -0.1) is 11.3 Å². The van der Waals surface area contributed by atoms with E-state index in [1.54, 1.807) is 48.5 Å². The number of halogens is 1. The number of amides is 3. The minimum Gasteiger partial charge on any atom is -0.443 e. The number of hydrogen-bond acceptors (Lipinski definition) is 12. The molecule has 0 radical (unpaired) electrons. The number of hydrogen-bond donors (Lipinski definition) is 0. The van der Waals surface area contributed by atoms with Crippen molar-refractivity contribution >= 4 is 92.2 Å². The monoisotopic (exact) mass is 871 g/mol. The number of anilines is 2. The van der Waals surface area contributed by atoms with Crippen molar-refractivity contribution in [1.82, 2.24) is 24.8 Å². The normalized spacial score (nSPS) is 16.7. The lowest BCUT2D eigenvalue weighted by Gasteiger charge is -2.32. The number of benzene rings is 1. The Kier molecular flexibility index (Phi) is 12.5. The maximum atomic E-state index is 14.3. The van der Waals surface area contributed by atoms with Gasteiger partial charge in [0.2, 0.25) is 5.95 Å². The van der Waals surface area contributed by atoms with Crippen molar-refractivity contribution in [3.63, 3.8) is 0 Å². The van der Waals surface area contributed by atoms with Crippen LogP contribution in [-0.2, 0) is 9.47 Å². The van der Waals surface area contributed by atoms with E-state index >= 15 is 0 Å². The molecule has 0 saturated carbocycles. The maximum Gasteiger partial charge on any atom is 0.417 e. The molecule has 6 rings (SSSR count). The van der Waals surface area contributed by atoms with Crippen molar-refractivity contribution in [3.05, 3.63) is 40.9 Å². The Morgan fingerprint density at radius 2 is 1.58 bits per heavy atom. The fourth-order valence-electron chi connectivity index (χ4n) is 5.98. The minimum atomic E-state index is -0.826. The van der Waals surface area contributed by atoms with Gasteiger partial charge in [-0.2, -0.15) is 0 Å². The third kappa shape index (κ3) is 9.15. The number of aromatic nitrogens is 3. The summed E-state index contributed by atoms with van der Waals surface area (Å²) in [4.78, 5) is 63.6. The summed E-state index contributed by atoms with van der Waals surface area (Å²) in [6.45, 7) is 19.8. The van der Waals surface area contributed by atoms with E-state index in [0.29, 0.717) is 39.6 Å². The molecule has 5 heterocycles. The standard InChI is InChI=1S/C36H40IN7O5S2.C2H6/c1-21-20-43(33(46)48-35(2,3)4)29-28-23-9-10-25(26-19-22(13-18-50-37)38-32(40-26)42-16-14-41(8)15-17-42)39-24(23)11-12-27(28)51-30(29)31(45)44(21)34(47)49-36(5,6)7;1-2/h9-12,19,21H,14-17,20H2,1-8H3;1-2H3/t21-;/m1./s1. The van der Waals surface area contributed by atoms with Crippen LogP contribution in [0.2, 0.25) is 0 Å². The van der Waals surface area contributed by atoms with Crippen LogP contribution in [0.5, 0.6) is 0 Å². The quantitative estimate of drug-likeness (QED) is 0.142. The highest BCUT2D eigenvalue weighted by molar-refractivity contribution is 14.2. The molecule has 1 aromatic carbocycles. The van der Waals surface area contributed by atoms with Gasteiger partial charge >= 0.3 is 12.2 Å². The van der Waals surface area contributed by atoms with Gasteiger partial charge in [-0.3, -0.25) is 9.69 Å². The van der Waals surface area contributed by atoms with Crippen LogP contribution < -0.4 is 9.80 Å². The molecular formula is C38H46IN7O5S2. The molecule has 0 spiro atoms. The summed E-state index contributed by atoms with van der Waals surface area (Å²) < 4.78 is 12.3. The topological polar surface area (TPSA) is 121 Å². The summed E-state index contributed by atoms with van der Waals surface area (Å²) in [6.07, 6.45) is -1.39. The molecule has 53 heavy (non-hydrogen) atoms. The SMILES string of the molecule is CC.C[C@@H]1CN(C(=O)OC(C)(C)C)c2c(sc3ccc4nc(-c5cc(C#CSI)nc(N6CCN(C)CC6)n5)ccc4c23)C(=O)N1C(=O)OC(C)(C)C. The highest BCUT2D eigenvalue weighted by atomic mass is 127. The zero-order chi connectivity index (χ0) is 38.8. The second-order valence-corrected chi connectivity index (χ2v) is 17.3. The number of piperazine rings is 1. The van der Waals surface area contributed by atoms with Crippen LogP contribution in [-0.4, -0.2) is 99.9 Å². The number of likely N-dealkylation sites (N-methyl/N-ethyl adjacent to an activating group) is 1. The number of fused-ring (bicyclic) bond motifs is 5. The zero-order valence-electron chi connectivity index (χ0n) is 31.9. The number of rotatable bonds is 2. The molecule has 1 fully saturated rings. The van der Waals surface area contributed by atoms with Crippen molar-refractivity contribution in [1.29, 1.82) is 0 Å². The second-order valence-electron chi connectivity index (χ2n) is 14.6. The Morgan fingerprint density at radius 3 is 2.23 bits per heavy atom. The molecule has 0 unspecified atom stereocenters. The number of carbonyl (C=O) groups excluding carboxylic acids is 3. The Labute approximate surface area is 331 Å². The maximum absolute atomic E-state index is 14.3. The highest BCUT2D eigenvalue weighted by Gasteiger charge is 2.42. The van der Waals surface area contributed by atoms with Gasteiger partial charge in [0.25, 0.3) is 5.91 Å². The van der Waals surface area contributed by atoms with Gasteiger partial charge in [-0.25, -0.2) is 29.4 Å². The predicted molar refractivity (Wildman–Crippen MR) is 223 cm³/mol. The Balaban J connectivity index is 0.00000266. The molecule has 0 aliphatic carbocycles. The largest absolute Gasteiger partial charge is 0.443 e. The summed E-state index contributed by atoms with van der Waals surface area (Å²) in [6, 6.07) is 8.75. The smallest absolute Gasteiger partial charge is 0.417 e. The molecule has 1 atom stereocenters. The first-order valence-corrected chi connectivity index (χ1v) is 21.8. The summed E-state index contributed by atoms with van der Waals surface area (Å²) in [5.41, 5.74) is 1.29. The number of nitrogens with zero attached hydrogens (tertiary/aromatic N) is 7. The molecular weight excluding hydrogens is 825 g/mol. The molecule has 12 nitrogen and oxygen atoms in total. The van der Waals surface area contributed by atoms with E-state index in [2.05, 4.69) is 49.2 Å². The lowest BCUT2D eigenvalue weighted by atomic mass is 10.1. The van der Waals surface area contributed by atoms with Gasteiger partial charge in [0, 0.05) is 68.9 Å². The summed E-state index contributed by atoms with van der Waals surface area (Å²) in [7, 11) is 3.49. The van der Waals surface area contributed by atoms with Crippen molar-refractivity contribution in [3.8, 4) is 22.6 Å². The first-order chi connectivity index (χ1) is 25.0.